The third-order valence-corrected chi connectivity index (χ3v) is 5.22. The van der Waals surface area contributed by atoms with Crippen molar-refractivity contribution in [2.24, 2.45) is 0 Å². The van der Waals surface area contributed by atoms with Gasteiger partial charge in [-0.05, 0) is 36.8 Å². The van der Waals surface area contributed by atoms with E-state index in [1.807, 2.05) is 6.92 Å². The van der Waals surface area contributed by atoms with E-state index in [0.29, 0.717) is 29.4 Å². The van der Waals surface area contributed by atoms with Gasteiger partial charge in [0.15, 0.2) is 0 Å². The zero-order valence-corrected chi connectivity index (χ0v) is 18.6. The maximum Gasteiger partial charge on any atom is 0.295 e. The summed E-state index contributed by atoms with van der Waals surface area (Å²) in [6.07, 6.45) is 0. The topological polar surface area (TPSA) is 94.5 Å². The number of carbonyl (C=O) groups is 2. The van der Waals surface area contributed by atoms with Crippen LogP contribution in [-0.4, -0.2) is 62.8 Å². The summed E-state index contributed by atoms with van der Waals surface area (Å²) >= 11 is 0. The fourth-order valence-corrected chi connectivity index (χ4v) is 3.73. The lowest BCUT2D eigenvalue weighted by molar-refractivity contribution is -0.140. The predicted octanol–water partition coefficient (Wildman–Crippen LogP) is 3.17. The number of amides is 1. The lowest BCUT2D eigenvalue weighted by Crippen LogP contribution is -2.32. The van der Waals surface area contributed by atoms with Gasteiger partial charge in [-0.15, -0.1) is 0 Å². The van der Waals surface area contributed by atoms with E-state index in [0.717, 1.165) is 0 Å². The Balaban J connectivity index is 2.20. The minimum Gasteiger partial charge on any atom is -0.507 e. The number of ether oxygens (including phenoxy) is 4. The van der Waals surface area contributed by atoms with Crippen LogP contribution in [0.15, 0.2) is 48.0 Å². The Morgan fingerprint density at radius 3 is 2.47 bits per heavy atom. The first-order valence-corrected chi connectivity index (χ1v) is 10.2. The van der Waals surface area contributed by atoms with E-state index < -0.39 is 17.7 Å². The molecule has 0 spiro atoms. The number of benzene rings is 2. The van der Waals surface area contributed by atoms with Crippen LogP contribution in [0.4, 0.5) is 0 Å². The van der Waals surface area contributed by atoms with Crippen LogP contribution < -0.4 is 14.2 Å². The van der Waals surface area contributed by atoms with Crippen molar-refractivity contribution in [1.82, 2.24) is 4.90 Å². The number of carbonyl (C=O) groups excluding carboxylic acids is 2. The average molecular weight is 441 g/mol. The van der Waals surface area contributed by atoms with Gasteiger partial charge in [-0.2, -0.15) is 0 Å². The summed E-state index contributed by atoms with van der Waals surface area (Å²) in [5.41, 5.74) is 0.896. The zero-order chi connectivity index (χ0) is 23.3. The van der Waals surface area contributed by atoms with Gasteiger partial charge in [0.25, 0.3) is 11.7 Å². The Morgan fingerprint density at radius 2 is 1.81 bits per heavy atom. The third-order valence-electron chi connectivity index (χ3n) is 5.22. The molecule has 1 saturated heterocycles. The van der Waals surface area contributed by atoms with Crippen LogP contribution in [-0.2, 0) is 14.3 Å². The molecule has 0 aliphatic carbocycles. The molecular weight excluding hydrogens is 414 g/mol. The van der Waals surface area contributed by atoms with Gasteiger partial charge in [-0.3, -0.25) is 9.59 Å². The molecule has 1 aliphatic rings. The number of hydrogen-bond acceptors (Lipinski definition) is 7. The first-order chi connectivity index (χ1) is 15.5. The monoisotopic (exact) mass is 441 g/mol. The number of methoxy groups -OCH3 is 3. The molecule has 2 aromatic carbocycles. The number of hydrogen-bond donors (Lipinski definition) is 1. The second kappa shape index (κ2) is 10.2. The van der Waals surface area contributed by atoms with Crippen LogP contribution in [0.5, 0.6) is 17.2 Å². The van der Waals surface area contributed by atoms with Crippen molar-refractivity contribution in [3.8, 4) is 17.2 Å². The molecule has 1 aliphatic heterocycles. The van der Waals surface area contributed by atoms with Crippen LogP contribution in [0.1, 0.15) is 24.1 Å². The summed E-state index contributed by atoms with van der Waals surface area (Å²) < 4.78 is 21.3. The molecule has 0 radical (unpaired) electrons. The molecule has 1 unspecified atom stereocenters. The largest absolute Gasteiger partial charge is 0.507 e. The maximum absolute atomic E-state index is 13.1. The van der Waals surface area contributed by atoms with Crippen LogP contribution in [0.2, 0.25) is 0 Å². The van der Waals surface area contributed by atoms with Gasteiger partial charge < -0.3 is 29.0 Å². The molecule has 8 heteroatoms. The van der Waals surface area contributed by atoms with E-state index in [-0.39, 0.29) is 30.0 Å². The second-order valence-corrected chi connectivity index (χ2v) is 7.06. The van der Waals surface area contributed by atoms with E-state index in [1.165, 1.54) is 26.2 Å². The summed E-state index contributed by atoms with van der Waals surface area (Å²) in [5.74, 6) is -0.364. The van der Waals surface area contributed by atoms with Crippen molar-refractivity contribution in [1.29, 1.82) is 0 Å². The van der Waals surface area contributed by atoms with Gasteiger partial charge in [0.05, 0.1) is 44.6 Å². The van der Waals surface area contributed by atoms with Gasteiger partial charge in [0.1, 0.15) is 23.0 Å². The Labute approximate surface area is 187 Å². The summed E-state index contributed by atoms with van der Waals surface area (Å²) in [6.45, 7) is 2.76. The van der Waals surface area contributed by atoms with Crippen molar-refractivity contribution < 1.29 is 33.6 Å². The number of ketones is 1. The molecule has 2 aromatic rings. The Hall–Kier alpha value is -3.52. The SMILES string of the molecule is CCOc1cccc(C2/C(=C(/O)c3ccc(OC)cc3OC)C(=O)C(=O)N2CCOC)c1. The fraction of sp³-hybridized carbons (Fsp3) is 0.333. The Bertz CT molecular complexity index is 1030. The van der Waals surface area contributed by atoms with E-state index >= 15 is 0 Å². The molecule has 170 valence electrons. The first-order valence-electron chi connectivity index (χ1n) is 10.2. The molecule has 1 amide bonds. The van der Waals surface area contributed by atoms with Gasteiger partial charge in [0.2, 0.25) is 0 Å². The van der Waals surface area contributed by atoms with Gasteiger partial charge in [-0.1, -0.05) is 12.1 Å². The molecule has 32 heavy (non-hydrogen) atoms. The van der Waals surface area contributed by atoms with Crippen LogP contribution >= 0.6 is 0 Å². The van der Waals surface area contributed by atoms with Crippen LogP contribution in [0.25, 0.3) is 5.76 Å². The molecule has 8 nitrogen and oxygen atoms in total. The fourth-order valence-electron chi connectivity index (χ4n) is 3.73. The first kappa shape index (κ1) is 23.1. The average Bonchev–Trinajstić information content (AvgIpc) is 3.07. The molecule has 1 N–H and O–H groups in total. The van der Waals surface area contributed by atoms with Crippen LogP contribution in [0, 0.1) is 0 Å². The van der Waals surface area contributed by atoms with Gasteiger partial charge >= 0.3 is 0 Å². The minimum absolute atomic E-state index is 0.0248. The lowest BCUT2D eigenvalue weighted by Gasteiger charge is -2.25. The number of aliphatic hydroxyl groups excluding tert-OH is 1. The molecule has 0 aromatic heterocycles. The minimum atomic E-state index is -0.808. The molecular formula is C24H27NO7. The number of aliphatic hydroxyl groups is 1. The lowest BCUT2D eigenvalue weighted by atomic mass is 9.94. The third kappa shape index (κ3) is 4.40. The highest BCUT2D eigenvalue weighted by Crippen LogP contribution is 2.42. The van der Waals surface area contributed by atoms with Crippen molar-refractivity contribution in [2.45, 2.75) is 13.0 Å². The highest BCUT2D eigenvalue weighted by Gasteiger charge is 2.46. The molecule has 1 fully saturated rings. The quantitative estimate of drug-likeness (QED) is 0.363. The summed E-state index contributed by atoms with van der Waals surface area (Å²) in [5, 5.41) is 11.2. The normalized spacial score (nSPS) is 17.5. The van der Waals surface area contributed by atoms with Crippen molar-refractivity contribution in [3.05, 3.63) is 59.2 Å². The smallest absolute Gasteiger partial charge is 0.295 e. The van der Waals surface area contributed by atoms with Crippen LogP contribution in [0.3, 0.4) is 0 Å². The van der Waals surface area contributed by atoms with Crippen molar-refractivity contribution in [3.63, 3.8) is 0 Å². The van der Waals surface area contributed by atoms with E-state index in [4.69, 9.17) is 18.9 Å². The summed E-state index contributed by atoms with van der Waals surface area (Å²) in [7, 11) is 4.48. The second-order valence-electron chi connectivity index (χ2n) is 7.06. The number of rotatable bonds is 9. The van der Waals surface area contributed by atoms with Crippen molar-refractivity contribution >= 4 is 17.4 Å². The van der Waals surface area contributed by atoms with E-state index in [9.17, 15) is 14.7 Å². The highest BCUT2D eigenvalue weighted by atomic mass is 16.5. The maximum atomic E-state index is 13.1. The molecule has 1 heterocycles. The van der Waals surface area contributed by atoms with E-state index in [2.05, 4.69) is 0 Å². The summed E-state index contributed by atoms with van der Waals surface area (Å²) in [6, 6.07) is 11.1. The Kier molecular flexibility index (Phi) is 7.37. The van der Waals surface area contributed by atoms with E-state index in [1.54, 1.807) is 42.5 Å². The standard InChI is InChI=1S/C24H27NO7/c1-5-32-17-8-6-7-15(13-17)21-20(23(27)24(28)25(21)11-12-29-2)22(26)18-10-9-16(30-3)14-19(18)31-4/h6-10,13-14,21,26H,5,11-12H2,1-4H3/b22-20-. The number of Topliss-reactive ketones (excluding diaryl/α,β-unsaturated/α-hetero) is 1. The van der Waals surface area contributed by atoms with Crippen molar-refractivity contribution in [2.75, 3.05) is 41.1 Å². The van der Waals surface area contributed by atoms with Gasteiger partial charge in [-0.25, -0.2) is 0 Å². The molecule has 1 atom stereocenters. The highest BCUT2D eigenvalue weighted by molar-refractivity contribution is 6.46. The van der Waals surface area contributed by atoms with Gasteiger partial charge in [0, 0.05) is 19.7 Å². The number of likely N-dealkylation sites (tertiary alicyclic amines) is 1. The molecule has 0 saturated carbocycles. The predicted molar refractivity (Wildman–Crippen MR) is 118 cm³/mol. The zero-order valence-electron chi connectivity index (χ0n) is 18.6. The number of nitrogens with zero attached hydrogens (tertiary/aromatic N) is 1. The Morgan fingerprint density at radius 1 is 1.03 bits per heavy atom. The molecule has 3 rings (SSSR count). The molecule has 0 bridgehead atoms. The summed E-state index contributed by atoms with van der Waals surface area (Å²) in [4.78, 5) is 27.4.